The minimum absolute atomic E-state index is 0.195. The number of thioether (sulfide) groups is 1. The average Bonchev–Trinajstić information content (AvgIpc) is 2.75. The molecule has 156 valence electrons. The lowest BCUT2D eigenvalue weighted by Gasteiger charge is -2.20. The van der Waals surface area contributed by atoms with E-state index < -0.39 is 10.0 Å². The molecule has 1 N–H and O–H groups in total. The van der Waals surface area contributed by atoms with Gasteiger partial charge in [-0.15, -0.1) is 11.8 Å². The molecule has 0 saturated carbocycles. The molecule has 0 spiro atoms. The Bertz CT molecular complexity index is 1170. The summed E-state index contributed by atoms with van der Waals surface area (Å²) in [5.41, 5.74) is 1.18. The van der Waals surface area contributed by atoms with Crippen LogP contribution in [0.25, 0.3) is 0 Å². The fraction of sp³-hybridized carbons (Fsp3) is 0.0952. The minimum Gasteiger partial charge on any atom is -0.321 e. The molecular weight excluding hydrogens is 463 g/mol. The molecule has 0 unspecified atom stereocenters. The van der Waals surface area contributed by atoms with Crippen molar-refractivity contribution >= 4 is 62.3 Å². The van der Waals surface area contributed by atoms with Gasteiger partial charge in [0, 0.05) is 22.5 Å². The van der Waals surface area contributed by atoms with E-state index in [9.17, 15) is 13.2 Å². The Labute approximate surface area is 190 Å². The standard InChI is InChI=1S/C21H18Cl2N2O3S2/c1-25(30(27,28)18-10-8-17(29-2)9-11-18)16-6-3-14(4-7-16)21(26)24-20-13-15(22)5-12-19(20)23/h3-13H,1-2H3,(H,24,26). The molecule has 9 heteroatoms. The molecule has 0 atom stereocenters. The number of rotatable bonds is 6. The van der Waals surface area contributed by atoms with Gasteiger partial charge in [0.25, 0.3) is 15.9 Å². The van der Waals surface area contributed by atoms with Gasteiger partial charge in [0.1, 0.15) is 0 Å². The molecule has 0 saturated heterocycles. The number of halogens is 2. The zero-order valence-corrected chi connectivity index (χ0v) is 19.2. The summed E-state index contributed by atoms with van der Waals surface area (Å²) in [6.45, 7) is 0. The zero-order valence-electron chi connectivity index (χ0n) is 16.1. The summed E-state index contributed by atoms with van der Waals surface area (Å²) in [6, 6.07) is 17.7. The second-order valence-electron chi connectivity index (χ2n) is 6.27. The second kappa shape index (κ2) is 9.31. The van der Waals surface area contributed by atoms with Crippen LogP contribution in [0.5, 0.6) is 0 Å². The predicted octanol–water partition coefficient (Wildman–Crippen LogP) is 5.79. The van der Waals surface area contributed by atoms with Crippen LogP contribution in [0.4, 0.5) is 11.4 Å². The van der Waals surface area contributed by atoms with Crippen LogP contribution in [0, 0.1) is 0 Å². The highest BCUT2D eigenvalue weighted by atomic mass is 35.5. The van der Waals surface area contributed by atoms with Crippen molar-refractivity contribution in [3.63, 3.8) is 0 Å². The molecule has 3 aromatic carbocycles. The minimum atomic E-state index is -3.72. The number of anilines is 2. The summed E-state index contributed by atoms with van der Waals surface area (Å²) < 4.78 is 26.9. The molecular formula is C21H18Cl2N2O3S2. The Morgan fingerprint density at radius 2 is 1.60 bits per heavy atom. The summed E-state index contributed by atoms with van der Waals surface area (Å²) in [5, 5.41) is 3.50. The van der Waals surface area contributed by atoms with Crippen molar-refractivity contribution in [2.45, 2.75) is 9.79 Å². The number of sulfonamides is 1. The van der Waals surface area contributed by atoms with Crippen LogP contribution in [0.2, 0.25) is 10.0 Å². The maximum Gasteiger partial charge on any atom is 0.264 e. The number of hydrogen-bond donors (Lipinski definition) is 1. The predicted molar refractivity (Wildman–Crippen MR) is 125 cm³/mol. The summed E-state index contributed by atoms with van der Waals surface area (Å²) in [5.74, 6) is -0.385. The third kappa shape index (κ3) is 4.92. The van der Waals surface area contributed by atoms with E-state index in [1.807, 2.05) is 6.26 Å². The van der Waals surface area contributed by atoms with Crippen molar-refractivity contribution in [3.8, 4) is 0 Å². The SMILES string of the molecule is CSc1ccc(S(=O)(=O)N(C)c2ccc(C(=O)Nc3cc(Cl)ccc3Cl)cc2)cc1. The van der Waals surface area contributed by atoms with Gasteiger partial charge in [-0.3, -0.25) is 9.10 Å². The van der Waals surface area contributed by atoms with Gasteiger partial charge in [-0.2, -0.15) is 0 Å². The zero-order chi connectivity index (χ0) is 21.9. The van der Waals surface area contributed by atoms with Gasteiger partial charge in [-0.05, 0) is 73.0 Å². The molecule has 0 aliphatic carbocycles. The summed E-state index contributed by atoms with van der Waals surface area (Å²) in [7, 11) is -2.25. The third-order valence-corrected chi connectivity index (χ3v) is 7.50. The first kappa shape index (κ1) is 22.5. The van der Waals surface area contributed by atoms with Crippen LogP contribution >= 0.6 is 35.0 Å². The van der Waals surface area contributed by atoms with E-state index in [0.29, 0.717) is 27.0 Å². The Morgan fingerprint density at radius 1 is 0.967 bits per heavy atom. The largest absolute Gasteiger partial charge is 0.321 e. The number of amides is 1. The Hall–Kier alpha value is -2.19. The monoisotopic (exact) mass is 480 g/mol. The lowest BCUT2D eigenvalue weighted by atomic mass is 10.2. The number of benzene rings is 3. The van der Waals surface area contributed by atoms with Crippen molar-refractivity contribution in [1.29, 1.82) is 0 Å². The lowest BCUT2D eigenvalue weighted by Crippen LogP contribution is -2.26. The Balaban J connectivity index is 1.78. The van der Waals surface area contributed by atoms with Gasteiger partial charge >= 0.3 is 0 Å². The Morgan fingerprint density at radius 3 is 2.20 bits per heavy atom. The number of hydrogen-bond acceptors (Lipinski definition) is 4. The first-order chi connectivity index (χ1) is 14.2. The Kier molecular flexibility index (Phi) is 6.98. The third-order valence-electron chi connectivity index (χ3n) is 4.39. The molecule has 0 aliphatic heterocycles. The van der Waals surface area contributed by atoms with Crippen LogP contribution in [0.15, 0.2) is 76.5 Å². The first-order valence-corrected chi connectivity index (χ1v) is 12.1. The number of carbonyl (C=O) groups is 1. The summed E-state index contributed by atoms with van der Waals surface area (Å²) in [6.07, 6.45) is 1.92. The molecule has 1 amide bonds. The highest BCUT2D eigenvalue weighted by Gasteiger charge is 2.21. The fourth-order valence-corrected chi connectivity index (χ4v) is 4.60. The van der Waals surface area contributed by atoms with E-state index in [1.165, 1.54) is 23.1 Å². The maximum atomic E-state index is 12.9. The molecule has 5 nitrogen and oxygen atoms in total. The van der Waals surface area contributed by atoms with E-state index in [-0.39, 0.29) is 10.8 Å². The first-order valence-electron chi connectivity index (χ1n) is 8.72. The average molecular weight is 481 g/mol. The van der Waals surface area contributed by atoms with Gasteiger partial charge < -0.3 is 5.32 Å². The number of nitrogens with zero attached hydrogens (tertiary/aromatic N) is 1. The topological polar surface area (TPSA) is 66.5 Å². The van der Waals surface area contributed by atoms with Crippen molar-refractivity contribution in [3.05, 3.63) is 82.3 Å². The van der Waals surface area contributed by atoms with E-state index >= 15 is 0 Å². The molecule has 0 heterocycles. The molecule has 3 aromatic rings. The van der Waals surface area contributed by atoms with Crippen LogP contribution in [0.3, 0.4) is 0 Å². The van der Waals surface area contributed by atoms with E-state index in [1.54, 1.807) is 66.7 Å². The van der Waals surface area contributed by atoms with Gasteiger partial charge in [0.15, 0.2) is 0 Å². The molecule has 0 aromatic heterocycles. The van der Waals surface area contributed by atoms with E-state index in [4.69, 9.17) is 23.2 Å². The second-order valence-corrected chi connectivity index (χ2v) is 9.97. The number of nitrogens with one attached hydrogen (secondary N) is 1. The molecule has 30 heavy (non-hydrogen) atoms. The molecule has 0 bridgehead atoms. The van der Waals surface area contributed by atoms with Crippen molar-refractivity contribution in [2.75, 3.05) is 22.9 Å². The van der Waals surface area contributed by atoms with Crippen molar-refractivity contribution in [2.24, 2.45) is 0 Å². The molecule has 0 aliphatic rings. The highest BCUT2D eigenvalue weighted by molar-refractivity contribution is 7.98. The van der Waals surface area contributed by atoms with Crippen LogP contribution in [0.1, 0.15) is 10.4 Å². The van der Waals surface area contributed by atoms with E-state index in [2.05, 4.69) is 5.32 Å². The maximum absolute atomic E-state index is 12.9. The highest BCUT2D eigenvalue weighted by Crippen LogP contribution is 2.27. The normalized spacial score (nSPS) is 11.2. The van der Waals surface area contributed by atoms with Gasteiger partial charge in [0.2, 0.25) is 0 Å². The molecule has 3 rings (SSSR count). The van der Waals surface area contributed by atoms with Gasteiger partial charge in [-0.25, -0.2) is 8.42 Å². The lowest BCUT2D eigenvalue weighted by molar-refractivity contribution is 0.102. The quantitative estimate of drug-likeness (QED) is 0.453. The molecule has 0 radical (unpaired) electrons. The van der Waals surface area contributed by atoms with Crippen LogP contribution < -0.4 is 9.62 Å². The van der Waals surface area contributed by atoms with Gasteiger partial charge in [-0.1, -0.05) is 23.2 Å². The van der Waals surface area contributed by atoms with Crippen molar-refractivity contribution in [1.82, 2.24) is 0 Å². The van der Waals surface area contributed by atoms with Crippen LogP contribution in [-0.4, -0.2) is 27.6 Å². The summed E-state index contributed by atoms with van der Waals surface area (Å²) >= 11 is 13.5. The summed E-state index contributed by atoms with van der Waals surface area (Å²) in [4.78, 5) is 13.7. The van der Waals surface area contributed by atoms with Gasteiger partial charge in [0.05, 0.1) is 21.3 Å². The molecule has 0 fully saturated rings. The van der Waals surface area contributed by atoms with Crippen molar-refractivity contribution < 1.29 is 13.2 Å². The van der Waals surface area contributed by atoms with E-state index in [0.717, 1.165) is 4.90 Å². The smallest absolute Gasteiger partial charge is 0.264 e. The fourth-order valence-electron chi connectivity index (χ4n) is 2.66. The van der Waals surface area contributed by atoms with Crippen LogP contribution in [-0.2, 0) is 10.0 Å². The number of carbonyl (C=O) groups excluding carboxylic acids is 1.